The van der Waals surface area contributed by atoms with Crippen molar-refractivity contribution in [2.45, 2.75) is 39.7 Å². The van der Waals surface area contributed by atoms with Crippen LogP contribution in [0.5, 0.6) is 0 Å². The Labute approximate surface area is 80.5 Å². The minimum atomic E-state index is -0.175. The fourth-order valence-electron chi connectivity index (χ4n) is 3.83. The van der Waals surface area contributed by atoms with Crippen molar-refractivity contribution >= 4 is 0 Å². The molecule has 0 radical (unpaired) electrons. The fraction of sp³-hybridized carbons (Fsp3) is 1.00. The number of nitrogens with two attached hydrogens (primary N) is 1. The van der Waals surface area contributed by atoms with Crippen molar-refractivity contribution < 1.29 is 5.11 Å². The predicted molar refractivity (Wildman–Crippen MR) is 53.2 cm³/mol. The molecule has 2 fully saturated rings. The lowest BCUT2D eigenvalue weighted by atomic mass is 9.70. The lowest BCUT2D eigenvalue weighted by molar-refractivity contribution is -0.00823. The molecule has 13 heavy (non-hydrogen) atoms. The van der Waals surface area contributed by atoms with Gasteiger partial charge in [0.05, 0.1) is 6.10 Å². The van der Waals surface area contributed by atoms with E-state index in [1.54, 1.807) is 0 Å². The van der Waals surface area contributed by atoms with Gasteiger partial charge in [0.15, 0.2) is 0 Å². The van der Waals surface area contributed by atoms with E-state index in [-0.39, 0.29) is 16.9 Å². The van der Waals surface area contributed by atoms with Gasteiger partial charge in [-0.25, -0.2) is 0 Å². The zero-order chi connectivity index (χ0) is 9.85. The quantitative estimate of drug-likeness (QED) is 0.645. The van der Waals surface area contributed by atoms with Crippen LogP contribution in [-0.2, 0) is 0 Å². The predicted octanol–water partition coefficient (Wildman–Crippen LogP) is 1.38. The van der Waals surface area contributed by atoms with Crippen LogP contribution in [0.2, 0.25) is 0 Å². The van der Waals surface area contributed by atoms with E-state index in [2.05, 4.69) is 20.8 Å². The van der Waals surface area contributed by atoms with Crippen LogP contribution in [0.15, 0.2) is 0 Å². The van der Waals surface area contributed by atoms with E-state index in [4.69, 9.17) is 5.73 Å². The highest BCUT2D eigenvalue weighted by Crippen LogP contribution is 2.67. The van der Waals surface area contributed by atoms with E-state index in [1.807, 2.05) is 0 Å². The van der Waals surface area contributed by atoms with Crippen LogP contribution in [-0.4, -0.2) is 17.8 Å². The molecule has 0 amide bonds. The van der Waals surface area contributed by atoms with Gasteiger partial charge in [0, 0.05) is 5.92 Å². The molecule has 4 atom stereocenters. The summed E-state index contributed by atoms with van der Waals surface area (Å²) in [5.74, 6) is 0.978. The van der Waals surface area contributed by atoms with E-state index in [9.17, 15) is 5.11 Å². The third-order valence-electron chi connectivity index (χ3n) is 5.22. The second-order valence-corrected chi connectivity index (χ2v) is 5.63. The second-order valence-electron chi connectivity index (χ2n) is 5.63. The first-order valence-electron chi connectivity index (χ1n) is 5.33. The Morgan fingerprint density at radius 1 is 1.38 bits per heavy atom. The molecule has 2 rings (SSSR count). The van der Waals surface area contributed by atoms with Crippen LogP contribution in [0.4, 0.5) is 0 Å². The molecule has 0 aromatic carbocycles. The van der Waals surface area contributed by atoms with Crippen LogP contribution in [0.25, 0.3) is 0 Å². The van der Waals surface area contributed by atoms with Gasteiger partial charge >= 0.3 is 0 Å². The zero-order valence-electron chi connectivity index (χ0n) is 8.88. The zero-order valence-corrected chi connectivity index (χ0v) is 8.88. The summed E-state index contributed by atoms with van der Waals surface area (Å²) in [5.41, 5.74) is 6.12. The van der Waals surface area contributed by atoms with E-state index >= 15 is 0 Å². The van der Waals surface area contributed by atoms with Gasteiger partial charge < -0.3 is 10.8 Å². The summed E-state index contributed by atoms with van der Waals surface area (Å²) in [6, 6.07) is 0. The number of rotatable bonds is 1. The van der Waals surface area contributed by atoms with Gasteiger partial charge in [-0.05, 0) is 36.1 Å². The molecule has 0 saturated heterocycles. The lowest BCUT2D eigenvalue weighted by Gasteiger charge is -2.37. The SMILES string of the molecule is CC1(C)C2CCC1(C)C(O)C2CN. The topological polar surface area (TPSA) is 46.2 Å². The van der Waals surface area contributed by atoms with Crippen molar-refractivity contribution in [2.24, 2.45) is 28.4 Å². The van der Waals surface area contributed by atoms with E-state index < -0.39 is 0 Å². The fourth-order valence-corrected chi connectivity index (χ4v) is 3.83. The van der Waals surface area contributed by atoms with Crippen molar-refractivity contribution in [1.82, 2.24) is 0 Å². The van der Waals surface area contributed by atoms with E-state index in [0.29, 0.717) is 18.4 Å². The molecule has 0 spiro atoms. The third-order valence-corrected chi connectivity index (χ3v) is 5.22. The molecule has 0 heterocycles. The number of hydrogen-bond donors (Lipinski definition) is 2. The van der Waals surface area contributed by atoms with Crippen LogP contribution < -0.4 is 5.73 Å². The Hall–Kier alpha value is -0.0800. The Bertz CT molecular complexity index is 226. The summed E-state index contributed by atoms with van der Waals surface area (Å²) in [6.45, 7) is 7.46. The molecule has 0 aromatic heterocycles. The van der Waals surface area contributed by atoms with Gasteiger partial charge in [-0.1, -0.05) is 20.8 Å². The summed E-state index contributed by atoms with van der Waals surface area (Å²) >= 11 is 0. The molecule has 3 N–H and O–H groups in total. The first-order chi connectivity index (χ1) is 5.95. The normalized spacial score (nSPS) is 52.8. The van der Waals surface area contributed by atoms with Crippen molar-refractivity contribution in [3.8, 4) is 0 Å². The highest BCUT2D eigenvalue weighted by Gasteiger charge is 2.65. The molecule has 4 unspecified atom stereocenters. The minimum Gasteiger partial charge on any atom is -0.392 e. The highest BCUT2D eigenvalue weighted by molar-refractivity contribution is 5.14. The summed E-state index contributed by atoms with van der Waals surface area (Å²) in [4.78, 5) is 0. The second kappa shape index (κ2) is 2.48. The standard InChI is InChI=1S/C11H21NO/c1-10(2)8-4-5-11(10,3)9(13)7(8)6-12/h7-9,13H,4-6,12H2,1-3H3. The van der Waals surface area contributed by atoms with Crippen LogP contribution in [0.3, 0.4) is 0 Å². The molecular formula is C11H21NO. The minimum absolute atomic E-state index is 0.113. The van der Waals surface area contributed by atoms with Gasteiger partial charge in [0.2, 0.25) is 0 Å². The summed E-state index contributed by atoms with van der Waals surface area (Å²) in [6.07, 6.45) is 2.25. The first kappa shape index (κ1) is 9.47. The maximum Gasteiger partial charge on any atom is 0.0642 e. The van der Waals surface area contributed by atoms with Crippen LogP contribution in [0, 0.1) is 22.7 Å². The molecular weight excluding hydrogens is 162 g/mol. The molecule has 2 heteroatoms. The van der Waals surface area contributed by atoms with Gasteiger partial charge in [-0.2, -0.15) is 0 Å². The molecule has 0 aromatic rings. The number of hydrogen-bond acceptors (Lipinski definition) is 2. The van der Waals surface area contributed by atoms with Gasteiger partial charge in [0.1, 0.15) is 0 Å². The highest BCUT2D eigenvalue weighted by atomic mass is 16.3. The van der Waals surface area contributed by atoms with Gasteiger partial charge in [0.25, 0.3) is 0 Å². The van der Waals surface area contributed by atoms with Crippen molar-refractivity contribution in [3.05, 3.63) is 0 Å². The monoisotopic (exact) mass is 183 g/mol. The molecule has 2 nitrogen and oxygen atoms in total. The van der Waals surface area contributed by atoms with Gasteiger partial charge in [-0.3, -0.25) is 0 Å². The van der Waals surface area contributed by atoms with Crippen molar-refractivity contribution in [1.29, 1.82) is 0 Å². The molecule has 2 aliphatic rings. The maximum atomic E-state index is 10.2. The van der Waals surface area contributed by atoms with Gasteiger partial charge in [-0.15, -0.1) is 0 Å². The Balaban J connectivity index is 2.39. The number of aliphatic hydroxyl groups excluding tert-OH is 1. The molecule has 76 valence electrons. The summed E-state index contributed by atoms with van der Waals surface area (Å²) in [5, 5.41) is 10.2. The first-order valence-corrected chi connectivity index (χ1v) is 5.33. The van der Waals surface area contributed by atoms with Crippen LogP contribution in [0.1, 0.15) is 33.6 Å². The van der Waals surface area contributed by atoms with Crippen molar-refractivity contribution in [3.63, 3.8) is 0 Å². The van der Waals surface area contributed by atoms with E-state index in [0.717, 1.165) is 0 Å². The summed E-state index contributed by atoms with van der Waals surface area (Å²) < 4.78 is 0. The molecule has 2 aliphatic carbocycles. The average molecular weight is 183 g/mol. The summed E-state index contributed by atoms with van der Waals surface area (Å²) in [7, 11) is 0. The molecule has 0 aliphatic heterocycles. The van der Waals surface area contributed by atoms with Crippen LogP contribution >= 0.6 is 0 Å². The Morgan fingerprint density at radius 2 is 2.00 bits per heavy atom. The Kier molecular flexibility index (Phi) is 1.81. The number of fused-ring (bicyclic) bond motifs is 2. The molecule has 2 saturated carbocycles. The average Bonchev–Trinajstić information content (AvgIpc) is 2.36. The largest absolute Gasteiger partial charge is 0.392 e. The number of aliphatic hydroxyl groups is 1. The maximum absolute atomic E-state index is 10.2. The molecule has 2 bridgehead atoms. The smallest absolute Gasteiger partial charge is 0.0642 e. The lowest BCUT2D eigenvalue weighted by Crippen LogP contribution is -2.39. The van der Waals surface area contributed by atoms with Crippen molar-refractivity contribution in [2.75, 3.05) is 6.54 Å². The third kappa shape index (κ3) is 0.861. The van der Waals surface area contributed by atoms with E-state index in [1.165, 1.54) is 12.8 Å². The Morgan fingerprint density at radius 3 is 2.31 bits per heavy atom.